The summed E-state index contributed by atoms with van der Waals surface area (Å²) in [6.07, 6.45) is 0.402. The molecule has 6 heteroatoms. The largest absolute Gasteiger partial charge is 0.409 e. The van der Waals surface area contributed by atoms with Crippen LogP contribution >= 0.6 is 0 Å². The highest BCUT2D eigenvalue weighted by Crippen LogP contribution is 2.07. The standard InChI is InChI=1S/C12H16FN3O2/c1-2-9(11(14)16-18)12(17)15-7-8-5-3-4-6-10(8)13/h3-6,9,18H,2,7H2,1H3,(H2,14,16)(H,15,17). The summed E-state index contributed by atoms with van der Waals surface area (Å²) in [7, 11) is 0. The molecule has 1 atom stereocenters. The third-order valence-corrected chi connectivity index (χ3v) is 2.61. The molecule has 18 heavy (non-hydrogen) atoms. The molecule has 1 rings (SSSR count). The topological polar surface area (TPSA) is 87.7 Å². The Morgan fingerprint density at radius 3 is 2.78 bits per heavy atom. The molecule has 1 aromatic carbocycles. The monoisotopic (exact) mass is 253 g/mol. The van der Waals surface area contributed by atoms with Gasteiger partial charge in [-0.05, 0) is 12.5 Å². The van der Waals surface area contributed by atoms with Gasteiger partial charge in [0.15, 0.2) is 5.84 Å². The van der Waals surface area contributed by atoms with E-state index in [0.29, 0.717) is 12.0 Å². The summed E-state index contributed by atoms with van der Waals surface area (Å²) in [5, 5.41) is 13.9. The van der Waals surface area contributed by atoms with Gasteiger partial charge in [-0.2, -0.15) is 0 Å². The fraction of sp³-hybridized carbons (Fsp3) is 0.333. The van der Waals surface area contributed by atoms with Crippen LogP contribution in [0.3, 0.4) is 0 Å². The SMILES string of the molecule is CCC(C(=O)NCc1ccccc1F)C(N)=NO. The molecule has 0 aliphatic heterocycles. The molecule has 4 N–H and O–H groups in total. The molecule has 0 bridgehead atoms. The number of rotatable bonds is 5. The lowest BCUT2D eigenvalue weighted by molar-refractivity contribution is -0.123. The van der Waals surface area contributed by atoms with Crippen molar-refractivity contribution in [2.45, 2.75) is 19.9 Å². The van der Waals surface area contributed by atoms with Crippen LogP contribution in [0, 0.1) is 11.7 Å². The number of benzene rings is 1. The maximum Gasteiger partial charge on any atom is 0.231 e. The number of hydrogen-bond donors (Lipinski definition) is 3. The summed E-state index contributed by atoms with van der Waals surface area (Å²) < 4.78 is 13.3. The van der Waals surface area contributed by atoms with Crippen molar-refractivity contribution in [3.8, 4) is 0 Å². The van der Waals surface area contributed by atoms with Gasteiger partial charge in [0.2, 0.25) is 5.91 Å². The summed E-state index contributed by atoms with van der Waals surface area (Å²) in [5.41, 5.74) is 5.78. The zero-order valence-corrected chi connectivity index (χ0v) is 10.1. The van der Waals surface area contributed by atoms with Crippen LogP contribution in [0.4, 0.5) is 4.39 Å². The molecule has 0 radical (unpaired) electrons. The van der Waals surface area contributed by atoms with Crippen molar-refractivity contribution < 1.29 is 14.4 Å². The third kappa shape index (κ3) is 3.44. The Labute approximate surface area is 104 Å². The van der Waals surface area contributed by atoms with Gasteiger partial charge in [-0.15, -0.1) is 0 Å². The second-order valence-electron chi connectivity index (χ2n) is 3.79. The molecule has 0 fully saturated rings. The van der Waals surface area contributed by atoms with Gasteiger partial charge in [0.05, 0.1) is 5.92 Å². The average molecular weight is 253 g/mol. The number of carbonyl (C=O) groups excluding carboxylic acids is 1. The van der Waals surface area contributed by atoms with E-state index in [4.69, 9.17) is 10.9 Å². The van der Waals surface area contributed by atoms with Crippen LogP contribution in [0.1, 0.15) is 18.9 Å². The Balaban J connectivity index is 2.63. The third-order valence-electron chi connectivity index (χ3n) is 2.61. The lowest BCUT2D eigenvalue weighted by atomic mass is 10.0. The number of carbonyl (C=O) groups is 1. The summed E-state index contributed by atoms with van der Waals surface area (Å²) in [5.74, 6) is -1.63. The number of amides is 1. The molecule has 1 aromatic rings. The van der Waals surface area contributed by atoms with Crippen molar-refractivity contribution in [2.24, 2.45) is 16.8 Å². The van der Waals surface area contributed by atoms with Crippen LogP contribution in [-0.4, -0.2) is 17.0 Å². The summed E-state index contributed by atoms with van der Waals surface area (Å²) in [4.78, 5) is 11.8. The maximum atomic E-state index is 13.3. The molecule has 0 aliphatic carbocycles. The Bertz CT molecular complexity index is 449. The van der Waals surface area contributed by atoms with Crippen molar-refractivity contribution in [2.75, 3.05) is 0 Å². The Morgan fingerprint density at radius 2 is 2.22 bits per heavy atom. The lowest BCUT2D eigenvalue weighted by Gasteiger charge is -2.13. The first-order chi connectivity index (χ1) is 8.60. The van der Waals surface area contributed by atoms with E-state index in [0.717, 1.165) is 0 Å². The van der Waals surface area contributed by atoms with Crippen LogP contribution < -0.4 is 11.1 Å². The number of amidine groups is 1. The summed E-state index contributed by atoms with van der Waals surface area (Å²) in [6, 6.07) is 6.17. The minimum atomic E-state index is -0.707. The first-order valence-electron chi connectivity index (χ1n) is 5.58. The fourth-order valence-electron chi connectivity index (χ4n) is 1.55. The van der Waals surface area contributed by atoms with Crippen LogP contribution in [0.2, 0.25) is 0 Å². The zero-order valence-electron chi connectivity index (χ0n) is 10.1. The van der Waals surface area contributed by atoms with Crippen LogP contribution in [0.15, 0.2) is 29.4 Å². The fourth-order valence-corrected chi connectivity index (χ4v) is 1.55. The van der Waals surface area contributed by atoms with Crippen molar-refractivity contribution in [3.63, 3.8) is 0 Å². The van der Waals surface area contributed by atoms with Crippen molar-refractivity contribution in [3.05, 3.63) is 35.6 Å². The Kier molecular flexibility index (Phi) is 5.10. The quantitative estimate of drug-likeness (QED) is 0.319. The molecular weight excluding hydrogens is 237 g/mol. The number of oxime groups is 1. The molecule has 0 saturated heterocycles. The second-order valence-corrected chi connectivity index (χ2v) is 3.79. The Morgan fingerprint density at radius 1 is 1.56 bits per heavy atom. The van der Waals surface area contributed by atoms with Gasteiger partial charge < -0.3 is 16.3 Å². The minimum Gasteiger partial charge on any atom is -0.409 e. The van der Waals surface area contributed by atoms with Gasteiger partial charge in [-0.3, -0.25) is 4.79 Å². The highest BCUT2D eigenvalue weighted by Gasteiger charge is 2.20. The van der Waals surface area contributed by atoms with Crippen molar-refractivity contribution in [1.29, 1.82) is 0 Å². The van der Waals surface area contributed by atoms with E-state index in [2.05, 4.69) is 10.5 Å². The lowest BCUT2D eigenvalue weighted by Crippen LogP contribution is -2.38. The average Bonchev–Trinajstić information content (AvgIpc) is 2.38. The first kappa shape index (κ1) is 14.0. The van der Waals surface area contributed by atoms with E-state index in [1.54, 1.807) is 25.1 Å². The second kappa shape index (κ2) is 6.58. The number of nitrogens with zero attached hydrogens (tertiary/aromatic N) is 1. The minimum absolute atomic E-state index is 0.0702. The molecule has 0 saturated carbocycles. The van der Waals surface area contributed by atoms with Gasteiger partial charge in [-0.25, -0.2) is 4.39 Å². The first-order valence-corrected chi connectivity index (χ1v) is 5.58. The van der Waals surface area contributed by atoms with E-state index in [1.807, 2.05) is 0 Å². The molecule has 0 spiro atoms. The molecule has 0 aromatic heterocycles. The molecule has 0 aliphatic rings. The molecule has 1 unspecified atom stereocenters. The number of nitrogens with two attached hydrogens (primary N) is 1. The van der Waals surface area contributed by atoms with Gasteiger partial charge in [0.1, 0.15) is 5.82 Å². The molecular formula is C12H16FN3O2. The van der Waals surface area contributed by atoms with E-state index < -0.39 is 11.8 Å². The smallest absolute Gasteiger partial charge is 0.231 e. The van der Waals surface area contributed by atoms with Gasteiger partial charge in [0, 0.05) is 12.1 Å². The molecule has 5 nitrogen and oxygen atoms in total. The van der Waals surface area contributed by atoms with Gasteiger partial charge in [-0.1, -0.05) is 30.3 Å². The predicted octanol–water partition coefficient (Wildman–Crippen LogP) is 1.21. The van der Waals surface area contributed by atoms with Crippen LogP contribution in [-0.2, 0) is 11.3 Å². The molecule has 0 heterocycles. The van der Waals surface area contributed by atoms with E-state index in [9.17, 15) is 9.18 Å². The number of nitrogens with one attached hydrogen (secondary N) is 1. The van der Waals surface area contributed by atoms with Gasteiger partial charge >= 0.3 is 0 Å². The van der Waals surface area contributed by atoms with E-state index >= 15 is 0 Å². The van der Waals surface area contributed by atoms with Gasteiger partial charge in [0.25, 0.3) is 0 Å². The van der Waals surface area contributed by atoms with E-state index in [-0.39, 0.29) is 18.2 Å². The summed E-state index contributed by atoms with van der Waals surface area (Å²) >= 11 is 0. The highest BCUT2D eigenvalue weighted by molar-refractivity contribution is 6.01. The highest BCUT2D eigenvalue weighted by atomic mass is 19.1. The van der Waals surface area contributed by atoms with E-state index in [1.165, 1.54) is 6.07 Å². The normalized spacial score (nSPS) is 13.1. The van der Waals surface area contributed by atoms with Crippen LogP contribution in [0.5, 0.6) is 0 Å². The van der Waals surface area contributed by atoms with Crippen molar-refractivity contribution >= 4 is 11.7 Å². The zero-order chi connectivity index (χ0) is 13.5. The number of halogens is 1. The summed E-state index contributed by atoms with van der Waals surface area (Å²) in [6.45, 7) is 1.81. The predicted molar refractivity (Wildman–Crippen MR) is 65.4 cm³/mol. The molecule has 1 amide bonds. The number of hydrogen-bond acceptors (Lipinski definition) is 3. The Hall–Kier alpha value is -2.11. The maximum absolute atomic E-state index is 13.3. The molecule has 98 valence electrons. The van der Waals surface area contributed by atoms with Crippen molar-refractivity contribution in [1.82, 2.24) is 5.32 Å². The van der Waals surface area contributed by atoms with Crippen LogP contribution in [0.25, 0.3) is 0 Å².